The maximum Gasteiger partial charge on any atom is 0.259 e. The van der Waals surface area contributed by atoms with Crippen molar-refractivity contribution >= 4 is 23.5 Å². The summed E-state index contributed by atoms with van der Waals surface area (Å²) < 4.78 is 11.3. The molecular formula is C22H29ClN4O3. The van der Waals surface area contributed by atoms with E-state index in [0.29, 0.717) is 30.5 Å². The summed E-state index contributed by atoms with van der Waals surface area (Å²) in [5.41, 5.74) is 1.02. The molecule has 0 bridgehead atoms. The van der Waals surface area contributed by atoms with E-state index >= 15 is 0 Å². The average molecular weight is 433 g/mol. The minimum absolute atomic E-state index is 0.0158. The molecule has 8 heteroatoms. The minimum Gasteiger partial charge on any atom is -0.492 e. The van der Waals surface area contributed by atoms with Gasteiger partial charge in [-0.3, -0.25) is 9.79 Å². The molecule has 162 valence electrons. The maximum absolute atomic E-state index is 11.7. The molecule has 1 amide bonds. The summed E-state index contributed by atoms with van der Waals surface area (Å²) in [6.45, 7) is 1.77. The van der Waals surface area contributed by atoms with Gasteiger partial charge in [-0.15, -0.1) is 0 Å². The first-order valence-corrected chi connectivity index (χ1v) is 9.99. The molecule has 30 heavy (non-hydrogen) atoms. The lowest BCUT2D eigenvalue weighted by molar-refractivity contribution is -0.130. The van der Waals surface area contributed by atoms with E-state index in [-0.39, 0.29) is 12.5 Å². The Kier molecular flexibility index (Phi) is 9.28. The molecule has 0 aliphatic heterocycles. The second-order valence-electron chi connectivity index (χ2n) is 6.85. The number of likely N-dealkylation sites (N-methyl/N-ethyl adjacent to an activating group) is 2. The molecule has 0 heterocycles. The number of guanidine groups is 1. The van der Waals surface area contributed by atoms with Gasteiger partial charge in [0.05, 0.1) is 6.54 Å². The Morgan fingerprint density at radius 2 is 1.80 bits per heavy atom. The van der Waals surface area contributed by atoms with Crippen molar-refractivity contribution in [3.63, 3.8) is 0 Å². The van der Waals surface area contributed by atoms with Gasteiger partial charge in [-0.2, -0.15) is 0 Å². The lowest BCUT2D eigenvalue weighted by atomic mass is 10.2. The molecule has 2 aromatic carbocycles. The van der Waals surface area contributed by atoms with E-state index in [1.54, 1.807) is 33.3 Å². The number of nitrogens with zero attached hydrogens (tertiary/aromatic N) is 3. The van der Waals surface area contributed by atoms with Crippen molar-refractivity contribution in [2.24, 2.45) is 4.99 Å². The molecule has 0 aliphatic carbocycles. The van der Waals surface area contributed by atoms with E-state index in [4.69, 9.17) is 21.1 Å². The first kappa shape index (κ1) is 23.3. The number of carbonyl (C=O) groups excluding carboxylic acids is 1. The Morgan fingerprint density at radius 3 is 2.47 bits per heavy atom. The van der Waals surface area contributed by atoms with E-state index in [2.05, 4.69) is 10.3 Å². The van der Waals surface area contributed by atoms with Crippen molar-refractivity contribution < 1.29 is 14.3 Å². The summed E-state index contributed by atoms with van der Waals surface area (Å²) in [4.78, 5) is 19.5. The summed E-state index contributed by atoms with van der Waals surface area (Å²) in [5.74, 6) is 2.11. The van der Waals surface area contributed by atoms with Crippen LogP contribution in [0.15, 0.2) is 53.5 Å². The second kappa shape index (κ2) is 11.9. The van der Waals surface area contributed by atoms with E-state index < -0.39 is 0 Å². The van der Waals surface area contributed by atoms with Crippen molar-refractivity contribution in [1.82, 2.24) is 15.1 Å². The number of hydrogen-bond donors (Lipinski definition) is 1. The molecule has 0 saturated heterocycles. The van der Waals surface area contributed by atoms with Gasteiger partial charge in [0.1, 0.15) is 18.1 Å². The zero-order chi connectivity index (χ0) is 21.9. The highest BCUT2D eigenvalue weighted by molar-refractivity contribution is 6.30. The van der Waals surface area contributed by atoms with Gasteiger partial charge in [-0.25, -0.2) is 0 Å². The van der Waals surface area contributed by atoms with Gasteiger partial charge >= 0.3 is 0 Å². The number of rotatable bonds is 9. The first-order valence-electron chi connectivity index (χ1n) is 9.61. The molecule has 1 N–H and O–H groups in total. The average Bonchev–Trinajstić information content (AvgIpc) is 2.74. The highest BCUT2D eigenvalue weighted by Crippen LogP contribution is 2.15. The molecule has 0 atom stereocenters. The summed E-state index contributed by atoms with van der Waals surface area (Å²) in [6.07, 6.45) is 0. The summed E-state index contributed by atoms with van der Waals surface area (Å²) >= 11 is 5.88. The van der Waals surface area contributed by atoms with E-state index in [9.17, 15) is 4.79 Å². The summed E-state index contributed by atoms with van der Waals surface area (Å²) in [6, 6.07) is 14.9. The number of nitrogens with one attached hydrogen (secondary N) is 1. The summed E-state index contributed by atoms with van der Waals surface area (Å²) in [5, 5.41) is 4.01. The van der Waals surface area contributed by atoms with Crippen LogP contribution in [-0.2, 0) is 11.3 Å². The molecule has 0 spiro atoms. The zero-order valence-corrected chi connectivity index (χ0v) is 18.6. The van der Waals surface area contributed by atoms with Gasteiger partial charge in [0, 0.05) is 39.8 Å². The molecule has 2 aromatic rings. The molecule has 0 saturated carbocycles. The van der Waals surface area contributed by atoms with Crippen molar-refractivity contribution in [3.8, 4) is 11.5 Å². The Bertz CT molecular complexity index is 841. The van der Waals surface area contributed by atoms with Crippen LogP contribution >= 0.6 is 11.6 Å². The monoisotopic (exact) mass is 432 g/mol. The quantitative estimate of drug-likeness (QED) is 0.487. The molecule has 7 nitrogen and oxygen atoms in total. The highest BCUT2D eigenvalue weighted by atomic mass is 35.5. The molecule has 0 aliphatic rings. The fraction of sp³-hybridized carbons (Fsp3) is 0.364. The largest absolute Gasteiger partial charge is 0.492 e. The predicted molar refractivity (Wildman–Crippen MR) is 120 cm³/mol. The molecule has 0 aromatic heterocycles. The van der Waals surface area contributed by atoms with Gasteiger partial charge in [0.25, 0.3) is 5.91 Å². The number of halogens is 1. The molecule has 0 fully saturated rings. The minimum atomic E-state index is -0.0821. The standard InChI is InChI=1S/C22H29ClN4O3/c1-24-22(27(4)12-13-29-19-10-8-18(23)9-11-19)25-15-17-6-5-7-20(14-17)30-16-21(28)26(2)3/h5-11,14H,12-13,15-16H2,1-4H3,(H,24,25). The fourth-order valence-electron chi connectivity index (χ4n) is 2.52. The third-order valence-electron chi connectivity index (χ3n) is 4.29. The van der Waals surface area contributed by atoms with Crippen molar-refractivity contribution in [1.29, 1.82) is 0 Å². The summed E-state index contributed by atoms with van der Waals surface area (Å²) in [7, 11) is 7.10. The number of carbonyl (C=O) groups is 1. The third kappa shape index (κ3) is 7.83. The zero-order valence-electron chi connectivity index (χ0n) is 17.9. The number of ether oxygens (including phenoxy) is 2. The van der Waals surface area contributed by atoms with E-state index in [1.165, 1.54) is 4.90 Å². The van der Waals surface area contributed by atoms with Crippen molar-refractivity contribution in [3.05, 3.63) is 59.1 Å². The fourth-order valence-corrected chi connectivity index (χ4v) is 2.65. The normalized spacial score (nSPS) is 11.0. The van der Waals surface area contributed by atoms with E-state index in [0.717, 1.165) is 17.3 Å². The Balaban J connectivity index is 1.80. The van der Waals surface area contributed by atoms with Gasteiger partial charge < -0.3 is 24.6 Å². The Morgan fingerprint density at radius 1 is 1.07 bits per heavy atom. The van der Waals surface area contributed by atoms with Crippen molar-refractivity contribution in [2.45, 2.75) is 6.54 Å². The van der Waals surface area contributed by atoms with Crippen LogP contribution in [0.4, 0.5) is 0 Å². The van der Waals surface area contributed by atoms with Gasteiger partial charge in [0.15, 0.2) is 12.6 Å². The number of amides is 1. The third-order valence-corrected chi connectivity index (χ3v) is 4.54. The van der Waals surface area contributed by atoms with Crippen LogP contribution in [0, 0.1) is 0 Å². The number of aliphatic imine (C=N–C) groups is 1. The molecule has 0 radical (unpaired) electrons. The number of hydrogen-bond acceptors (Lipinski definition) is 4. The molecular weight excluding hydrogens is 404 g/mol. The molecule has 0 unspecified atom stereocenters. The van der Waals surface area contributed by atoms with Gasteiger partial charge in [0.2, 0.25) is 0 Å². The lowest BCUT2D eigenvalue weighted by Gasteiger charge is -2.22. The molecule has 2 rings (SSSR count). The van der Waals surface area contributed by atoms with E-state index in [1.807, 2.05) is 48.3 Å². The van der Waals surface area contributed by atoms with Gasteiger partial charge in [-0.05, 0) is 42.0 Å². The smallest absolute Gasteiger partial charge is 0.259 e. The van der Waals surface area contributed by atoms with Crippen LogP contribution < -0.4 is 14.8 Å². The van der Waals surface area contributed by atoms with Gasteiger partial charge in [-0.1, -0.05) is 23.7 Å². The predicted octanol–water partition coefficient (Wildman–Crippen LogP) is 2.89. The number of benzene rings is 2. The topological polar surface area (TPSA) is 66.4 Å². The van der Waals surface area contributed by atoms with Crippen LogP contribution in [0.2, 0.25) is 5.02 Å². The lowest BCUT2D eigenvalue weighted by Crippen LogP contribution is -2.40. The SMILES string of the molecule is CN=C(NCc1cccc(OCC(=O)N(C)C)c1)N(C)CCOc1ccc(Cl)cc1. The van der Waals surface area contributed by atoms with Crippen LogP contribution in [-0.4, -0.2) is 69.6 Å². The van der Waals surface area contributed by atoms with Crippen LogP contribution in [0.1, 0.15) is 5.56 Å². The van der Waals surface area contributed by atoms with Crippen LogP contribution in [0.3, 0.4) is 0 Å². The second-order valence-corrected chi connectivity index (χ2v) is 7.29. The van der Waals surface area contributed by atoms with Crippen LogP contribution in [0.5, 0.6) is 11.5 Å². The van der Waals surface area contributed by atoms with Crippen LogP contribution in [0.25, 0.3) is 0 Å². The first-order chi connectivity index (χ1) is 14.4. The Hall–Kier alpha value is -2.93. The Labute approximate surface area is 183 Å². The maximum atomic E-state index is 11.7. The highest BCUT2D eigenvalue weighted by Gasteiger charge is 2.08. The van der Waals surface area contributed by atoms with Crippen molar-refractivity contribution in [2.75, 3.05) is 47.9 Å².